The smallest absolute Gasteiger partial charge is 0.123 e. The zero-order valence-electron chi connectivity index (χ0n) is 11.2. The van der Waals surface area contributed by atoms with Crippen molar-refractivity contribution in [2.24, 2.45) is 0 Å². The first-order chi connectivity index (χ1) is 9.72. The molecule has 0 saturated carbocycles. The van der Waals surface area contributed by atoms with Crippen molar-refractivity contribution in [3.05, 3.63) is 54.1 Å². The summed E-state index contributed by atoms with van der Waals surface area (Å²) in [4.78, 5) is 2.20. The lowest BCUT2D eigenvalue weighted by atomic mass is 10.0. The van der Waals surface area contributed by atoms with Gasteiger partial charge in [-0.3, -0.25) is 9.58 Å². The van der Waals surface area contributed by atoms with E-state index in [0.717, 1.165) is 18.7 Å². The summed E-state index contributed by atoms with van der Waals surface area (Å²) in [6.45, 7) is 2.19. The lowest BCUT2D eigenvalue weighted by molar-refractivity contribution is 0.172. The van der Waals surface area contributed by atoms with Crippen LogP contribution in [-0.2, 0) is 6.54 Å². The SMILES string of the molecule is O[C@H]1C[C@H](c2cccc(F)c2)N(CCn2cccn2)C1. The van der Waals surface area contributed by atoms with Crippen LogP contribution in [0.15, 0.2) is 42.7 Å². The molecule has 1 saturated heterocycles. The zero-order valence-corrected chi connectivity index (χ0v) is 11.2. The second kappa shape index (κ2) is 5.73. The van der Waals surface area contributed by atoms with Gasteiger partial charge >= 0.3 is 0 Å². The van der Waals surface area contributed by atoms with E-state index in [1.165, 1.54) is 6.07 Å². The lowest BCUT2D eigenvalue weighted by Gasteiger charge is -2.24. The van der Waals surface area contributed by atoms with Crippen molar-refractivity contribution >= 4 is 0 Å². The molecule has 0 spiro atoms. The van der Waals surface area contributed by atoms with Crippen molar-refractivity contribution in [2.75, 3.05) is 13.1 Å². The quantitative estimate of drug-likeness (QED) is 0.925. The average molecular weight is 275 g/mol. The van der Waals surface area contributed by atoms with Crippen molar-refractivity contribution < 1.29 is 9.50 Å². The molecule has 2 atom stereocenters. The van der Waals surface area contributed by atoms with Gasteiger partial charge in [0.2, 0.25) is 0 Å². The van der Waals surface area contributed by atoms with Gasteiger partial charge in [-0.15, -0.1) is 0 Å². The second-order valence-electron chi connectivity index (χ2n) is 5.22. The molecule has 1 aliphatic heterocycles. The largest absolute Gasteiger partial charge is 0.392 e. The Hall–Kier alpha value is -1.72. The molecule has 5 heteroatoms. The van der Waals surface area contributed by atoms with Crippen LogP contribution in [0.2, 0.25) is 0 Å². The van der Waals surface area contributed by atoms with Crippen LogP contribution >= 0.6 is 0 Å². The maximum Gasteiger partial charge on any atom is 0.123 e. The summed E-state index contributed by atoms with van der Waals surface area (Å²) in [5.41, 5.74) is 0.932. The molecule has 20 heavy (non-hydrogen) atoms. The van der Waals surface area contributed by atoms with Crippen molar-refractivity contribution in [2.45, 2.75) is 25.1 Å². The minimum absolute atomic E-state index is 0.0799. The highest BCUT2D eigenvalue weighted by molar-refractivity contribution is 5.21. The monoisotopic (exact) mass is 275 g/mol. The summed E-state index contributed by atoms with van der Waals surface area (Å²) in [6, 6.07) is 8.62. The van der Waals surface area contributed by atoms with Gasteiger partial charge in [-0.25, -0.2) is 4.39 Å². The summed E-state index contributed by atoms with van der Waals surface area (Å²) < 4.78 is 15.2. The van der Waals surface area contributed by atoms with Gasteiger partial charge in [0.15, 0.2) is 0 Å². The fraction of sp³-hybridized carbons (Fsp3) is 0.400. The van der Waals surface area contributed by atoms with E-state index in [-0.39, 0.29) is 18.0 Å². The molecule has 1 fully saturated rings. The van der Waals surface area contributed by atoms with Gasteiger partial charge in [-0.05, 0) is 30.2 Å². The fourth-order valence-corrected chi connectivity index (χ4v) is 2.85. The van der Waals surface area contributed by atoms with Crippen LogP contribution in [0, 0.1) is 5.82 Å². The van der Waals surface area contributed by atoms with Gasteiger partial charge in [0, 0.05) is 31.5 Å². The third-order valence-corrected chi connectivity index (χ3v) is 3.79. The summed E-state index contributed by atoms with van der Waals surface area (Å²) in [6.07, 6.45) is 3.98. The Labute approximate surface area is 117 Å². The third kappa shape index (κ3) is 2.89. The van der Waals surface area contributed by atoms with Crippen LogP contribution < -0.4 is 0 Å². The Morgan fingerprint density at radius 2 is 2.20 bits per heavy atom. The summed E-state index contributed by atoms with van der Waals surface area (Å²) in [5, 5.41) is 14.1. The number of nitrogens with zero attached hydrogens (tertiary/aromatic N) is 3. The number of hydrogen-bond donors (Lipinski definition) is 1. The highest BCUT2D eigenvalue weighted by Crippen LogP contribution is 2.32. The molecule has 1 N–H and O–H groups in total. The van der Waals surface area contributed by atoms with Gasteiger partial charge in [0.05, 0.1) is 12.6 Å². The molecule has 0 bridgehead atoms. The van der Waals surface area contributed by atoms with Crippen LogP contribution in [0.25, 0.3) is 0 Å². The minimum Gasteiger partial charge on any atom is -0.392 e. The number of hydrogen-bond acceptors (Lipinski definition) is 3. The van der Waals surface area contributed by atoms with Crippen LogP contribution in [0.1, 0.15) is 18.0 Å². The number of aliphatic hydroxyl groups excluding tert-OH is 1. The fourth-order valence-electron chi connectivity index (χ4n) is 2.85. The first-order valence-electron chi connectivity index (χ1n) is 6.87. The number of rotatable bonds is 4. The first kappa shape index (κ1) is 13.3. The van der Waals surface area contributed by atoms with Gasteiger partial charge in [-0.1, -0.05) is 12.1 Å². The van der Waals surface area contributed by atoms with E-state index >= 15 is 0 Å². The number of β-amino-alcohol motifs (C(OH)–C–C–N with tert-alkyl or cyclic N) is 1. The Balaban J connectivity index is 1.71. The number of likely N-dealkylation sites (tertiary alicyclic amines) is 1. The van der Waals surface area contributed by atoms with E-state index in [2.05, 4.69) is 10.00 Å². The Morgan fingerprint density at radius 1 is 1.30 bits per heavy atom. The minimum atomic E-state index is -0.346. The summed E-state index contributed by atoms with van der Waals surface area (Å²) >= 11 is 0. The Kier molecular flexibility index (Phi) is 3.80. The maximum absolute atomic E-state index is 13.4. The van der Waals surface area contributed by atoms with Gasteiger partial charge in [-0.2, -0.15) is 5.10 Å². The van der Waals surface area contributed by atoms with Crippen LogP contribution in [0.3, 0.4) is 0 Å². The van der Waals surface area contributed by atoms with Crippen molar-refractivity contribution in [1.29, 1.82) is 0 Å². The molecule has 1 aliphatic rings. The average Bonchev–Trinajstić information content (AvgIpc) is 3.05. The molecule has 106 valence electrons. The normalized spacial score (nSPS) is 23.3. The third-order valence-electron chi connectivity index (χ3n) is 3.79. The highest BCUT2D eigenvalue weighted by Gasteiger charge is 2.31. The Morgan fingerprint density at radius 3 is 2.95 bits per heavy atom. The van der Waals surface area contributed by atoms with Crippen LogP contribution in [0.5, 0.6) is 0 Å². The van der Waals surface area contributed by atoms with E-state index in [0.29, 0.717) is 13.0 Å². The van der Waals surface area contributed by atoms with E-state index in [9.17, 15) is 9.50 Å². The second-order valence-corrected chi connectivity index (χ2v) is 5.22. The molecular formula is C15H18FN3O. The van der Waals surface area contributed by atoms with Crippen molar-refractivity contribution in [3.8, 4) is 0 Å². The number of aliphatic hydroxyl groups is 1. The topological polar surface area (TPSA) is 41.3 Å². The van der Waals surface area contributed by atoms with Crippen molar-refractivity contribution in [1.82, 2.24) is 14.7 Å². The number of halogens is 1. The van der Waals surface area contributed by atoms with E-state index < -0.39 is 0 Å². The van der Waals surface area contributed by atoms with Gasteiger partial charge in [0.25, 0.3) is 0 Å². The maximum atomic E-state index is 13.4. The standard InChI is InChI=1S/C15H18FN3O/c16-13-4-1-3-12(9-13)15-10-14(20)11-18(15)7-8-19-6-2-5-17-19/h1-6,9,14-15,20H,7-8,10-11H2/t14-,15+/m0/s1. The molecule has 0 aliphatic carbocycles. The van der Waals surface area contributed by atoms with E-state index in [1.54, 1.807) is 18.3 Å². The molecular weight excluding hydrogens is 257 g/mol. The van der Waals surface area contributed by atoms with Crippen LogP contribution in [-0.4, -0.2) is 39.0 Å². The number of benzene rings is 1. The molecule has 0 unspecified atom stereocenters. The highest BCUT2D eigenvalue weighted by atomic mass is 19.1. The molecule has 1 aromatic carbocycles. The molecule has 4 nitrogen and oxygen atoms in total. The molecule has 3 rings (SSSR count). The summed E-state index contributed by atoms with van der Waals surface area (Å²) in [5.74, 6) is -0.226. The predicted octanol–water partition coefficient (Wildman–Crippen LogP) is 1.83. The van der Waals surface area contributed by atoms with Crippen molar-refractivity contribution in [3.63, 3.8) is 0 Å². The predicted molar refractivity (Wildman–Crippen MR) is 73.6 cm³/mol. The zero-order chi connectivity index (χ0) is 13.9. The van der Waals surface area contributed by atoms with E-state index in [4.69, 9.17) is 0 Å². The van der Waals surface area contributed by atoms with Crippen LogP contribution in [0.4, 0.5) is 4.39 Å². The molecule has 1 aromatic heterocycles. The Bertz CT molecular complexity index is 558. The molecule has 0 radical (unpaired) electrons. The first-order valence-corrected chi connectivity index (χ1v) is 6.87. The van der Waals surface area contributed by atoms with Gasteiger partial charge < -0.3 is 5.11 Å². The molecule has 2 heterocycles. The molecule has 2 aromatic rings. The lowest BCUT2D eigenvalue weighted by Crippen LogP contribution is -2.28. The summed E-state index contributed by atoms with van der Waals surface area (Å²) in [7, 11) is 0. The van der Waals surface area contributed by atoms with Gasteiger partial charge in [0.1, 0.15) is 5.82 Å². The molecule has 0 amide bonds. The number of aromatic nitrogens is 2. The van der Waals surface area contributed by atoms with E-state index in [1.807, 2.05) is 23.0 Å².